The van der Waals surface area contributed by atoms with Gasteiger partial charge >= 0.3 is 17.9 Å². The van der Waals surface area contributed by atoms with Crippen molar-refractivity contribution in [2.24, 2.45) is 0 Å². The highest BCUT2D eigenvalue weighted by atomic mass is 16.6. The number of unbranched alkanes of at least 4 members (excludes halogenated alkanes) is 11. The third-order valence-corrected chi connectivity index (χ3v) is 9.90. The number of rotatable bonds is 43. The van der Waals surface area contributed by atoms with E-state index in [-0.39, 0.29) is 38.0 Å². The van der Waals surface area contributed by atoms with Crippen LogP contribution in [0.1, 0.15) is 188 Å². The van der Waals surface area contributed by atoms with Gasteiger partial charge in [0, 0.05) is 19.3 Å². The van der Waals surface area contributed by atoms with Crippen molar-refractivity contribution < 1.29 is 28.6 Å². The van der Waals surface area contributed by atoms with Crippen LogP contribution in [0.25, 0.3) is 0 Å². The van der Waals surface area contributed by atoms with Crippen molar-refractivity contribution in [1.82, 2.24) is 0 Å². The van der Waals surface area contributed by atoms with E-state index < -0.39 is 12.1 Å². The van der Waals surface area contributed by atoms with E-state index in [1.807, 2.05) is 0 Å². The lowest BCUT2D eigenvalue weighted by Crippen LogP contribution is -2.30. The Kier molecular flexibility index (Phi) is 48.2. The van der Waals surface area contributed by atoms with E-state index in [0.29, 0.717) is 19.3 Å². The molecule has 0 saturated carbocycles. The van der Waals surface area contributed by atoms with Crippen LogP contribution >= 0.6 is 0 Å². The van der Waals surface area contributed by atoms with Gasteiger partial charge in [-0.05, 0) is 116 Å². The zero-order valence-corrected chi connectivity index (χ0v) is 41.2. The Labute approximate surface area is 397 Å². The first kappa shape index (κ1) is 60.3. The predicted molar refractivity (Wildman–Crippen MR) is 279 cm³/mol. The molecule has 1 unspecified atom stereocenters. The normalized spacial score (nSPS) is 13.3. The van der Waals surface area contributed by atoms with E-state index >= 15 is 0 Å². The number of hydrogen-bond acceptors (Lipinski definition) is 6. The van der Waals surface area contributed by atoms with Gasteiger partial charge in [-0.2, -0.15) is 0 Å². The first-order valence-electron chi connectivity index (χ1n) is 25.4. The molecule has 0 fully saturated rings. The third kappa shape index (κ3) is 50.2. The molecule has 0 saturated heterocycles. The summed E-state index contributed by atoms with van der Waals surface area (Å²) in [6.45, 7) is 6.23. The van der Waals surface area contributed by atoms with Gasteiger partial charge in [0.15, 0.2) is 6.10 Å². The number of carbonyl (C=O) groups excluding carboxylic acids is 3. The average Bonchev–Trinajstić information content (AvgIpc) is 3.30. The molecule has 1 atom stereocenters. The molecule has 0 rings (SSSR count). The molecule has 6 nitrogen and oxygen atoms in total. The second kappa shape index (κ2) is 51.9. The maximum Gasteiger partial charge on any atom is 0.306 e. The minimum absolute atomic E-state index is 0.132. The van der Waals surface area contributed by atoms with Crippen LogP contribution in [0, 0.1) is 0 Å². The minimum Gasteiger partial charge on any atom is -0.462 e. The smallest absolute Gasteiger partial charge is 0.306 e. The lowest BCUT2D eigenvalue weighted by molar-refractivity contribution is -0.167. The van der Waals surface area contributed by atoms with Crippen LogP contribution in [-0.4, -0.2) is 37.2 Å². The molecule has 0 aliphatic heterocycles. The van der Waals surface area contributed by atoms with Gasteiger partial charge in [-0.15, -0.1) is 0 Å². The molecule has 0 amide bonds. The van der Waals surface area contributed by atoms with Gasteiger partial charge < -0.3 is 14.2 Å². The largest absolute Gasteiger partial charge is 0.462 e. The SMILES string of the molecule is CC/C=C\C/C=C\C/C=C\C/C=C\C/C=C\CCCC(=O)OC(COC(=O)CCCC/C=C\C/C=C\C/C=C\CC)COC(=O)CCCCCCC\C=C/C=C\C=C/C=C\CCCCC. The van der Waals surface area contributed by atoms with Crippen molar-refractivity contribution >= 4 is 17.9 Å². The quantitative estimate of drug-likeness (QED) is 0.0199. The highest BCUT2D eigenvalue weighted by Crippen LogP contribution is 2.11. The Morgan fingerprint density at radius 2 is 0.677 bits per heavy atom. The molecule has 0 bridgehead atoms. The highest BCUT2D eigenvalue weighted by molar-refractivity contribution is 5.71. The van der Waals surface area contributed by atoms with Crippen LogP contribution in [-0.2, 0) is 28.6 Å². The summed E-state index contributed by atoms with van der Waals surface area (Å²) in [6.07, 6.45) is 74.1. The van der Waals surface area contributed by atoms with Crippen LogP contribution in [0.15, 0.2) is 146 Å². The summed E-state index contributed by atoms with van der Waals surface area (Å²) in [5, 5.41) is 0. The fourth-order valence-corrected chi connectivity index (χ4v) is 6.15. The van der Waals surface area contributed by atoms with Gasteiger partial charge in [-0.25, -0.2) is 0 Å². The van der Waals surface area contributed by atoms with Gasteiger partial charge in [0.1, 0.15) is 13.2 Å². The number of hydrogen-bond donors (Lipinski definition) is 0. The number of carbonyl (C=O) groups is 3. The van der Waals surface area contributed by atoms with E-state index in [1.54, 1.807) is 0 Å². The summed E-state index contributed by atoms with van der Waals surface area (Å²) >= 11 is 0. The zero-order valence-electron chi connectivity index (χ0n) is 41.2. The molecule has 0 N–H and O–H groups in total. The van der Waals surface area contributed by atoms with E-state index in [0.717, 1.165) is 116 Å². The second-order valence-electron chi connectivity index (χ2n) is 16.0. The number of esters is 3. The van der Waals surface area contributed by atoms with E-state index in [9.17, 15) is 14.4 Å². The fraction of sp³-hybridized carbons (Fsp3) is 0.542. The Hall–Kier alpha value is -4.71. The molecular weight excluding hydrogens is 805 g/mol. The molecule has 0 aromatic carbocycles. The van der Waals surface area contributed by atoms with E-state index in [1.165, 1.54) is 19.3 Å². The molecular formula is C59H90O6. The van der Waals surface area contributed by atoms with Crippen molar-refractivity contribution in [3.8, 4) is 0 Å². The monoisotopic (exact) mass is 895 g/mol. The predicted octanol–water partition coefficient (Wildman–Crippen LogP) is 16.9. The maximum absolute atomic E-state index is 12.8. The van der Waals surface area contributed by atoms with E-state index in [4.69, 9.17) is 14.2 Å². The number of allylic oxidation sites excluding steroid dienone is 24. The molecule has 362 valence electrons. The third-order valence-electron chi connectivity index (χ3n) is 9.90. The first-order valence-corrected chi connectivity index (χ1v) is 25.4. The van der Waals surface area contributed by atoms with E-state index in [2.05, 4.69) is 167 Å². The van der Waals surface area contributed by atoms with Gasteiger partial charge in [-0.1, -0.05) is 199 Å². The average molecular weight is 895 g/mol. The molecule has 0 aliphatic rings. The Bertz CT molecular complexity index is 1490. The zero-order chi connectivity index (χ0) is 47.2. The number of ether oxygens (including phenoxy) is 3. The Morgan fingerprint density at radius 3 is 1.15 bits per heavy atom. The maximum atomic E-state index is 12.8. The molecule has 65 heavy (non-hydrogen) atoms. The van der Waals surface area contributed by atoms with Crippen molar-refractivity contribution in [3.63, 3.8) is 0 Å². The lowest BCUT2D eigenvalue weighted by Gasteiger charge is -2.18. The molecule has 0 radical (unpaired) electrons. The Balaban J connectivity index is 4.60. The van der Waals surface area contributed by atoms with Gasteiger partial charge in [0.2, 0.25) is 0 Å². The minimum atomic E-state index is -0.839. The summed E-state index contributed by atoms with van der Waals surface area (Å²) < 4.78 is 16.7. The van der Waals surface area contributed by atoms with Gasteiger partial charge in [-0.3, -0.25) is 14.4 Å². The summed E-state index contributed by atoms with van der Waals surface area (Å²) in [5.41, 5.74) is 0. The highest BCUT2D eigenvalue weighted by Gasteiger charge is 2.19. The Morgan fingerprint density at radius 1 is 0.338 bits per heavy atom. The van der Waals surface area contributed by atoms with Crippen molar-refractivity contribution in [1.29, 1.82) is 0 Å². The van der Waals surface area contributed by atoms with Gasteiger partial charge in [0.25, 0.3) is 0 Å². The standard InChI is InChI=1S/C59H90O6/c1-4-7-10-13-16-19-22-25-27-29-31-32-34-37-40-43-46-49-52-58(61)64-55-56(54-63-57(60)51-48-45-42-39-36-24-21-18-15-12-9-6-3)65-59(62)53-50-47-44-41-38-35-33-30-28-26-23-20-17-14-11-8-5-2/h8-9,11-12,16-22,25-29,31-33,35-36,39,41,44,56H,4-7,10,13-15,23-24,30,34,37-38,40,42-43,45-55H2,1-3H3/b11-8-,12-9-,19-16-,20-17-,21-18-,25-22-,28-26-,29-27-,32-31-,35-33-,39-36-,44-41-. The summed E-state index contributed by atoms with van der Waals surface area (Å²) in [5.74, 6) is -1.07. The fourth-order valence-electron chi connectivity index (χ4n) is 6.15. The molecule has 0 aromatic rings. The summed E-state index contributed by atoms with van der Waals surface area (Å²) in [4.78, 5) is 37.9. The van der Waals surface area contributed by atoms with Crippen molar-refractivity contribution in [2.75, 3.05) is 13.2 Å². The van der Waals surface area contributed by atoms with Crippen LogP contribution < -0.4 is 0 Å². The second-order valence-corrected chi connectivity index (χ2v) is 16.0. The van der Waals surface area contributed by atoms with Gasteiger partial charge in [0.05, 0.1) is 0 Å². The van der Waals surface area contributed by atoms with Crippen LogP contribution in [0.4, 0.5) is 0 Å². The molecule has 0 heterocycles. The van der Waals surface area contributed by atoms with Crippen LogP contribution in [0.5, 0.6) is 0 Å². The molecule has 0 aliphatic carbocycles. The topological polar surface area (TPSA) is 78.9 Å². The molecule has 0 aromatic heterocycles. The van der Waals surface area contributed by atoms with Crippen LogP contribution in [0.2, 0.25) is 0 Å². The summed E-state index contributed by atoms with van der Waals surface area (Å²) in [6, 6.07) is 0. The van der Waals surface area contributed by atoms with Crippen molar-refractivity contribution in [3.05, 3.63) is 146 Å². The summed E-state index contributed by atoms with van der Waals surface area (Å²) in [7, 11) is 0. The lowest BCUT2D eigenvalue weighted by atomic mass is 10.1. The van der Waals surface area contributed by atoms with Crippen molar-refractivity contribution in [2.45, 2.75) is 194 Å². The first-order chi connectivity index (χ1) is 32.0. The molecule has 0 spiro atoms. The molecule has 6 heteroatoms. The van der Waals surface area contributed by atoms with Crippen LogP contribution in [0.3, 0.4) is 0 Å².